The van der Waals surface area contributed by atoms with Crippen LogP contribution in [0.15, 0.2) is 78.5 Å². The van der Waals surface area contributed by atoms with E-state index in [0.29, 0.717) is 22.6 Å². The zero-order valence-corrected chi connectivity index (χ0v) is 20.8. The Morgan fingerprint density at radius 3 is 2.42 bits per heavy atom. The van der Waals surface area contributed by atoms with Crippen molar-refractivity contribution in [1.82, 2.24) is 4.90 Å². The summed E-state index contributed by atoms with van der Waals surface area (Å²) >= 11 is 5.61. The van der Waals surface area contributed by atoms with Crippen LogP contribution in [-0.4, -0.2) is 35.5 Å². The molecule has 1 heterocycles. The van der Waals surface area contributed by atoms with Gasteiger partial charge in [0.05, 0.1) is 12.8 Å². The molecule has 0 atom stereocenters. The zero-order valence-electron chi connectivity index (χ0n) is 19.9. The number of carbonyl (C=O) groups excluding carboxylic acids is 2. The first-order valence-electron chi connectivity index (χ1n) is 11.4. The lowest BCUT2D eigenvalue weighted by Gasteiger charge is -2.19. The lowest BCUT2D eigenvalue weighted by molar-refractivity contribution is -0.140. The van der Waals surface area contributed by atoms with E-state index in [1.807, 2.05) is 31.2 Å². The fourth-order valence-corrected chi connectivity index (χ4v) is 4.14. The number of hydrogen-bond donors (Lipinski definition) is 0. The Balaban J connectivity index is 1.69. The number of nitrogens with zero attached hydrogens (tertiary/aromatic N) is 2. The zero-order chi connectivity index (χ0) is 25.7. The van der Waals surface area contributed by atoms with Crippen molar-refractivity contribution in [2.24, 2.45) is 0 Å². The number of methoxy groups -OCH3 is 1. The third kappa shape index (κ3) is 5.28. The molecule has 0 bridgehead atoms. The van der Waals surface area contributed by atoms with Crippen LogP contribution >= 0.6 is 12.2 Å². The highest BCUT2D eigenvalue weighted by Gasteiger charge is 2.40. The van der Waals surface area contributed by atoms with Gasteiger partial charge in [0, 0.05) is 11.1 Å². The molecule has 0 aliphatic carbocycles. The summed E-state index contributed by atoms with van der Waals surface area (Å²) in [5.41, 5.74) is 2.92. The number of para-hydroxylation sites is 1. The summed E-state index contributed by atoms with van der Waals surface area (Å²) in [6.07, 6.45) is 2.48. The molecule has 1 fully saturated rings. The van der Waals surface area contributed by atoms with Crippen LogP contribution in [0.4, 0.5) is 10.1 Å². The van der Waals surface area contributed by atoms with E-state index >= 15 is 0 Å². The number of benzene rings is 3. The normalized spacial score (nSPS) is 14.5. The number of rotatable bonds is 8. The van der Waals surface area contributed by atoms with E-state index in [0.717, 1.165) is 12.0 Å². The van der Waals surface area contributed by atoms with E-state index in [1.54, 1.807) is 48.5 Å². The molecule has 1 saturated heterocycles. The summed E-state index contributed by atoms with van der Waals surface area (Å²) in [5, 5.41) is 0.172. The summed E-state index contributed by atoms with van der Waals surface area (Å²) in [4.78, 5) is 28.6. The van der Waals surface area contributed by atoms with Gasteiger partial charge >= 0.3 is 5.97 Å². The van der Waals surface area contributed by atoms with Crippen molar-refractivity contribution < 1.29 is 23.5 Å². The summed E-state index contributed by atoms with van der Waals surface area (Å²) in [7, 11) is 1.28. The number of anilines is 1. The molecule has 1 aliphatic heterocycles. The molecule has 1 aliphatic rings. The Morgan fingerprint density at radius 2 is 1.72 bits per heavy atom. The van der Waals surface area contributed by atoms with E-state index in [-0.39, 0.29) is 35.7 Å². The van der Waals surface area contributed by atoms with Crippen LogP contribution in [-0.2, 0) is 27.4 Å². The molecule has 1 amide bonds. The molecule has 0 radical (unpaired) electrons. The summed E-state index contributed by atoms with van der Waals surface area (Å²) < 4.78 is 24.8. The van der Waals surface area contributed by atoms with Crippen molar-refractivity contribution in [2.45, 2.75) is 20.0 Å². The van der Waals surface area contributed by atoms with Crippen molar-refractivity contribution in [2.75, 3.05) is 18.6 Å². The smallest absolute Gasteiger partial charge is 0.325 e. The second-order valence-corrected chi connectivity index (χ2v) is 8.42. The molecule has 4 rings (SSSR count). The van der Waals surface area contributed by atoms with Crippen molar-refractivity contribution in [1.29, 1.82) is 0 Å². The molecule has 3 aromatic rings. The van der Waals surface area contributed by atoms with Gasteiger partial charge in [-0.05, 0) is 54.5 Å². The number of hydrogen-bond acceptors (Lipinski definition) is 5. The molecule has 184 valence electrons. The molecule has 0 unspecified atom stereocenters. The first-order valence-corrected chi connectivity index (χ1v) is 11.8. The highest BCUT2D eigenvalue weighted by atomic mass is 32.1. The second-order valence-electron chi connectivity index (χ2n) is 8.05. The summed E-state index contributed by atoms with van der Waals surface area (Å²) in [6, 6.07) is 21.0. The molecular formula is C28H25FN2O4S. The second kappa shape index (κ2) is 11.1. The van der Waals surface area contributed by atoms with Crippen molar-refractivity contribution >= 4 is 41.0 Å². The number of aryl methyl sites for hydroxylation is 1. The van der Waals surface area contributed by atoms with Crippen molar-refractivity contribution in [3.8, 4) is 5.75 Å². The first-order chi connectivity index (χ1) is 17.4. The molecule has 36 heavy (non-hydrogen) atoms. The highest BCUT2D eigenvalue weighted by Crippen LogP contribution is 2.31. The lowest BCUT2D eigenvalue weighted by Crippen LogP contribution is -2.35. The molecule has 0 N–H and O–H groups in total. The van der Waals surface area contributed by atoms with Gasteiger partial charge in [-0.15, -0.1) is 0 Å². The molecule has 0 spiro atoms. The lowest BCUT2D eigenvalue weighted by atomic mass is 10.1. The number of esters is 1. The van der Waals surface area contributed by atoms with Gasteiger partial charge in [-0.25, -0.2) is 4.39 Å². The number of halogens is 1. The van der Waals surface area contributed by atoms with Crippen LogP contribution in [0.2, 0.25) is 0 Å². The highest BCUT2D eigenvalue weighted by molar-refractivity contribution is 7.80. The molecule has 3 aromatic carbocycles. The molecule has 0 saturated carbocycles. The topological polar surface area (TPSA) is 59.1 Å². The van der Waals surface area contributed by atoms with E-state index in [1.165, 1.54) is 23.0 Å². The fraction of sp³-hybridized carbons (Fsp3) is 0.179. The Bertz CT molecular complexity index is 1320. The van der Waals surface area contributed by atoms with Crippen LogP contribution < -0.4 is 9.64 Å². The van der Waals surface area contributed by atoms with Gasteiger partial charge in [0.15, 0.2) is 5.11 Å². The van der Waals surface area contributed by atoms with E-state index in [9.17, 15) is 14.0 Å². The molecule has 6 nitrogen and oxygen atoms in total. The van der Waals surface area contributed by atoms with Crippen molar-refractivity contribution in [3.63, 3.8) is 0 Å². The maximum atomic E-state index is 14.1. The Kier molecular flexibility index (Phi) is 7.75. The van der Waals surface area contributed by atoms with E-state index in [2.05, 4.69) is 0 Å². The van der Waals surface area contributed by atoms with E-state index < -0.39 is 5.97 Å². The number of carbonyl (C=O) groups is 2. The van der Waals surface area contributed by atoms with Crippen LogP contribution in [0.25, 0.3) is 6.08 Å². The van der Waals surface area contributed by atoms with Crippen LogP contribution in [0.5, 0.6) is 5.75 Å². The maximum Gasteiger partial charge on any atom is 0.325 e. The third-order valence-electron chi connectivity index (χ3n) is 5.81. The van der Waals surface area contributed by atoms with E-state index in [4.69, 9.17) is 21.7 Å². The fourth-order valence-electron chi connectivity index (χ4n) is 3.78. The summed E-state index contributed by atoms with van der Waals surface area (Å²) in [5.74, 6) is -0.824. The van der Waals surface area contributed by atoms with Crippen LogP contribution in [0.1, 0.15) is 23.6 Å². The Hall–Kier alpha value is -4.04. The van der Waals surface area contributed by atoms with Crippen LogP contribution in [0, 0.1) is 5.82 Å². The standard InChI is InChI=1S/C28H25FN2O4S/c1-3-19-12-14-22(15-13-19)31-27(33)24(30(28(31)36)17-26(32)34-2)16-20-8-5-7-11-25(20)35-18-21-9-4-6-10-23(21)29/h4-16H,3,17-18H2,1-2H3/b24-16-. The maximum absolute atomic E-state index is 14.1. The monoisotopic (exact) mass is 504 g/mol. The van der Waals surface area contributed by atoms with Gasteiger partial charge in [0.25, 0.3) is 5.91 Å². The predicted octanol–water partition coefficient (Wildman–Crippen LogP) is 5.11. The van der Waals surface area contributed by atoms with Gasteiger partial charge in [0.2, 0.25) is 0 Å². The Morgan fingerprint density at radius 1 is 1.03 bits per heavy atom. The van der Waals surface area contributed by atoms with Gasteiger partial charge in [-0.2, -0.15) is 0 Å². The average Bonchev–Trinajstić information content (AvgIpc) is 3.12. The number of ether oxygens (including phenoxy) is 2. The molecular weight excluding hydrogens is 479 g/mol. The quantitative estimate of drug-likeness (QED) is 0.241. The molecule has 8 heteroatoms. The van der Waals surface area contributed by atoms with Gasteiger partial charge < -0.3 is 14.4 Å². The summed E-state index contributed by atoms with van der Waals surface area (Å²) in [6.45, 7) is 1.83. The minimum atomic E-state index is -0.539. The SMILES string of the molecule is CCc1ccc(N2C(=O)/C(=C/c3ccccc3OCc3ccccc3F)N(CC(=O)OC)C2=S)cc1. The van der Waals surface area contributed by atoms with Crippen molar-refractivity contribution in [3.05, 3.63) is 101 Å². The minimum absolute atomic E-state index is 0.0149. The van der Waals surface area contributed by atoms with Gasteiger partial charge in [0.1, 0.15) is 30.4 Å². The van der Waals surface area contributed by atoms with Crippen LogP contribution in [0.3, 0.4) is 0 Å². The van der Waals surface area contributed by atoms with Gasteiger partial charge in [-0.3, -0.25) is 14.5 Å². The third-order valence-corrected chi connectivity index (χ3v) is 6.21. The average molecular weight is 505 g/mol. The number of thiocarbonyl (C=S) groups is 1. The Labute approximate surface area is 214 Å². The predicted molar refractivity (Wildman–Crippen MR) is 140 cm³/mol. The number of amides is 1. The minimum Gasteiger partial charge on any atom is -0.488 e. The van der Waals surface area contributed by atoms with Gasteiger partial charge in [-0.1, -0.05) is 55.5 Å². The largest absolute Gasteiger partial charge is 0.488 e. The first kappa shape index (κ1) is 25.1. The molecule has 0 aromatic heterocycles.